The topological polar surface area (TPSA) is 50.5 Å². The Bertz CT molecular complexity index is 968. The van der Waals surface area contributed by atoms with Crippen LogP contribution in [0.15, 0.2) is 30.6 Å². The molecular weight excluding hydrogens is 338 g/mol. The van der Waals surface area contributed by atoms with E-state index >= 15 is 0 Å². The third-order valence-corrected chi connectivity index (χ3v) is 4.30. The molecule has 122 valence electrons. The van der Waals surface area contributed by atoms with E-state index in [1.165, 1.54) is 16.6 Å². The number of fused-ring (bicyclic) bond motifs is 1. The van der Waals surface area contributed by atoms with Crippen molar-refractivity contribution in [3.8, 4) is 11.1 Å². The van der Waals surface area contributed by atoms with Gasteiger partial charge < -0.3 is 4.90 Å². The minimum atomic E-state index is -0.613. The van der Waals surface area contributed by atoms with E-state index < -0.39 is 11.6 Å². The molecule has 0 spiro atoms. The molecule has 3 aromatic rings. The monoisotopic (exact) mass is 348 g/mol. The molecule has 5 nitrogen and oxygen atoms in total. The summed E-state index contributed by atoms with van der Waals surface area (Å²) in [5.74, 6) is -1.47. The standard InChI is InChI=1S/C16H11ClF2N4O/c17-11-3-2-9(6-12(11)19)13-14(16(24)22-4-1-5-22)21-23-8-10(18)7-20-15(13)23/h2-3,6-8H,1,4-5H2. The van der Waals surface area contributed by atoms with Gasteiger partial charge in [-0.2, -0.15) is 5.10 Å². The van der Waals surface area contributed by atoms with Crippen LogP contribution in [0.4, 0.5) is 8.78 Å². The summed E-state index contributed by atoms with van der Waals surface area (Å²) in [5, 5.41) is 4.15. The van der Waals surface area contributed by atoms with Gasteiger partial charge in [-0.3, -0.25) is 4.79 Å². The van der Waals surface area contributed by atoms with Crippen LogP contribution in [0.5, 0.6) is 0 Å². The summed E-state index contributed by atoms with van der Waals surface area (Å²) in [6.07, 6.45) is 3.09. The lowest BCUT2D eigenvalue weighted by Crippen LogP contribution is -2.42. The second-order valence-electron chi connectivity index (χ2n) is 5.54. The molecule has 0 atom stereocenters. The lowest BCUT2D eigenvalue weighted by Gasteiger charge is -2.30. The van der Waals surface area contributed by atoms with Crippen LogP contribution in [0.2, 0.25) is 5.02 Å². The second-order valence-corrected chi connectivity index (χ2v) is 5.95. The summed E-state index contributed by atoms with van der Waals surface area (Å²) in [5.41, 5.74) is 1.17. The van der Waals surface area contributed by atoms with E-state index in [0.717, 1.165) is 18.8 Å². The van der Waals surface area contributed by atoms with Gasteiger partial charge >= 0.3 is 0 Å². The van der Waals surface area contributed by atoms with Gasteiger partial charge in [0.05, 0.1) is 23.0 Å². The number of rotatable bonds is 2. The number of hydrogen-bond donors (Lipinski definition) is 0. The molecule has 4 rings (SSSR count). The Morgan fingerprint density at radius 1 is 1.25 bits per heavy atom. The van der Waals surface area contributed by atoms with Gasteiger partial charge in [-0.15, -0.1) is 0 Å². The summed E-state index contributed by atoms with van der Waals surface area (Å²) < 4.78 is 28.5. The lowest BCUT2D eigenvalue weighted by molar-refractivity contribution is 0.0646. The third-order valence-electron chi connectivity index (χ3n) is 4.00. The van der Waals surface area contributed by atoms with E-state index in [2.05, 4.69) is 10.1 Å². The van der Waals surface area contributed by atoms with E-state index in [0.29, 0.717) is 24.2 Å². The third kappa shape index (κ3) is 2.32. The molecule has 1 aliphatic rings. The number of nitrogens with zero attached hydrogens (tertiary/aromatic N) is 4. The molecule has 1 amide bonds. The van der Waals surface area contributed by atoms with Gasteiger partial charge in [0.1, 0.15) is 5.82 Å². The number of hydrogen-bond acceptors (Lipinski definition) is 3. The Morgan fingerprint density at radius 3 is 2.71 bits per heavy atom. The maximum atomic E-state index is 13.9. The Labute approximate surface area is 140 Å². The average molecular weight is 349 g/mol. The Hall–Kier alpha value is -2.54. The van der Waals surface area contributed by atoms with Crippen molar-refractivity contribution < 1.29 is 13.6 Å². The molecular formula is C16H11ClF2N4O. The molecule has 24 heavy (non-hydrogen) atoms. The van der Waals surface area contributed by atoms with Crippen LogP contribution in [-0.2, 0) is 0 Å². The van der Waals surface area contributed by atoms with Gasteiger partial charge in [0, 0.05) is 13.1 Å². The van der Waals surface area contributed by atoms with E-state index in [1.54, 1.807) is 11.0 Å². The molecule has 0 saturated carbocycles. The van der Waals surface area contributed by atoms with Gasteiger partial charge in [0.2, 0.25) is 0 Å². The van der Waals surface area contributed by atoms with Gasteiger partial charge in [-0.05, 0) is 24.1 Å². The SMILES string of the molecule is O=C(c1nn2cc(F)cnc2c1-c1ccc(Cl)c(F)c1)N1CCC1. The van der Waals surface area contributed by atoms with Crippen LogP contribution in [-0.4, -0.2) is 38.5 Å². The van der Waals surface area contributed by atoms with Crippen molar-refractivity contribution in [1.82, 2.24) is 19.5 Å². The van der Waals surface area contributed by atoms with Crippen LogP contribution in [0, 0.1) is 11.6 Å². The maximum absolute atomic E-state index is 13.9. The molecule has 1 saturated heterocycles. The lowest BCUT2D eigenvalue weighted by atomic mass is 10.0. The second kappa shape index (κ2) is 5.52. The number of halogens is 3. The molecule has 0 N–H and O–H groups in total. The number of aromatic nitrogens is 3. The minimum absolute atomic E-state index is 0.0233. The first kappa shape index (κ1) is 15.0. The summed E-state index contributed by atoms with van der Waals surface area (Å²) in [6, 6.07) is 4.20. The van der Waals surface area contributed by atoms with E-state index in [1.807, 2.05) is 0 Å². The highest BCUT2D eigenvalue weighted by molar-refractivity contribution is 6.30. The highest BCUT2D eigenvalue weighted by Crippen LogP contribution is 2.31. The van der Waals surface area contributed by atoms with Crippen molar-refractivity contribution in [3.63, 3.8) is 0 Å². The molecule has 0 radical (unpaired) electrons. The quantitative estimate of drug-likeness (QED) is 0.714. The maximum Gasteiger partial charge on any atom is 0.275 e. The van der Waals surface area contributed by atoms with Gasteiger partial charge in [-0.25, -0.2) is 18.3 Å². The predicted molar refractivity (Wildman–Crippen MR) is 83.9 cm³/mol. The van der Waals surface area contributed by atoms with Crippen molar-refractivity contribution in [3.05, 3.63) is 52.9 Å². The van der Waals surface area contributed by atoms with Crippen LogP contribution < -0.4 is 0 Å². The van der Waals surface area contributed by atoms with Crippen LogP contribution in [0.25, 0.3) is 16.8 Å². The largest absolute Gasteiger partial charge is 0.337 e. The molecule has 3 heterocycles. The average Bonchev–Trinajstić information content (AvgIpc) is 2.86. The zero-order valence-corrected chi connectivity index (χ0v) is 13.1. The van der Waals surface area contributed by atoms with Crippen molar-refractivity contribution in [2.75, 3.05) is 13.1 Å². The van der Waals surface area contributed by atoms with Crippen LogP contribution in [0.1, 0.15) is 16.9 Å². The normalized spacial score (nSPS) is 14.0. The van der Waals surface area contributed by atoms with E-state index in [9.17, 15) is 13.6 Å². The minimum Gasteiger partial charge on any atom is -0.337 e. The highest BCUT2D eigenvalue weighted by Gasteiger charge is 2.29. The Kier molecular flexibility index (Phi) is 3.45. The molecule has 0 unspecified atom stereocenters. The molecule has 2 aromatic heterocycles. The van der Waals surface area contributed by atoms with E-state index in [4.69, 9.17) is 11.6 Å². The van der Waals surface area contributed by atoms with Gasteiger partial charge in [0.15, 0.2) is 17.2 Å². The number of amides is 1. The summed E-state index contributed by atoms with van der Waals surface area (Å²) in [7, 11) is 0. The molecule has 0 bridgehead atoms. The van der Waals surface area contributed by atoms with Crippen LogP contribution >= 0.6 is 11.6 Å². The van der Waals surface area contributed by atoms with Crippen molar-refractivity contribution in [2.24, 2.45) is 0 Å². The van der Waals surface area contributed by atoms with Crippen molar-refractivity contribution in [1.29, 1.82) is 0 Å². The fraction of sp³-hybridized carbons (Fsp3) is 0.188. The number of benzene rings is 1. The zero-order chi connectivity index (χ0) is 16.8. The Balaban J connectivity index is 1.96. The number of carbonyl (C=O) groups excluding carboxylic acids is 1. The first-order chi connectivity index (χ1) is 11.5. The predicted octanol–water partition coefficient (Wildman–Crippen LogP) is 3.17. The molecule has 8 heteroatoms. The van der Waals surface area contributed by atoms with Crippen molar-refractivity contribution in [2.45, 2.75) is 6.42 Å². The first-order valence-electron chi connectivity index (χ1n) is 7.33. The number of likely N-dealkylation sites (tertiary alicyclic amines) is 1. The van der Waals surface area contributed by atoms with Gasteiger partial charge in [0.25, 0.3) is 5.91 Å². The fourth-order valence-electron chi connectivity index (χ4n) is 2.65. The Morgan fingerprint density at radius 2 is 2.04 bits per heavy atom. The fourth-order valence-corrected chi connectivity index (χ4v) is 2.77. The summed E-state index contributed by atoms with van der Waals surface area (Å²) in [4.78, 5) is 18.3. The van der Waals surface area contributed by atoms with Crippen molar-refractivity contribution >= 4 is 23.2 Å². The molecule has 0 aliphatic carbocycles. The van der Waals surface area contributed by atoms with Crippen LogP contribution in [0.3, 0.4) is 0 Å². The van der Waals surface area contributed by atoms with E-state index in [-0.39, 0.29) is 22.3 Å². The summed E-state index contributed by atoms with van der Waals surface area (Å²) in [6.45, 7) is 1.28. The highest BCUT2D eigenvalue weighted by atomic mass is 35.5. The van der Waals surface area contributed by atoms with Gasteiger partial charge in [-0.1, -0.05) is 17.7 Å². The zero-order valence-electron chi connectivity index (χ0n) is 12.3. The first-order valence-corrected chi connectivity index (χ1v) is 7.71. The summed E-state index contributed by atoms with van der Waals surface area (Å²) >= 11 is 5.73. The molecule has 1 aromatic carbocycles. The number of carbonyl (C=O) groups is 1. The molecule has 1 aliphatic heterocycles. The smallest absolute Gasteiger partial charge is 0.275 e. The molecule has 1 fully saturated rings.